The first kappa shape index (κ1) is 25.5. The highest BCUT2D eigenvalue weighted by Gasteiger charge is 2.32. The Morgan fingerprint density at radius 3 is 2.66 bits per heavy atom. The lowest BCUT2D eigenvalue weighted by Crippen LogP contribution is -2.40. The number of nitrogens with zero attached hydrogens (tertiary/aromatic N) is 5. The summed E-state index contributed by atoms with van der Waals surface area (Å²) in [7, 11) is 0. The van der Waals surface area contributed by atoms with Gasteiger partial charge in [0.15, 0.2) is 0 Å². The van der Waals surface area contributed by atoms with Crippen LogP contribution in [0.25, 0.3) is 22.2 Å². The second-order valence-electron chi connectivity index (χ2n) is 9.95. The smallest absolute Gasteiger partial charge is 0.255 e. The van der Waals surface area contributed by atoms with Crippen LogP contribution in [0.5, 0.6) is 0 Å². The Labute approximate surface area is 222 Å². The maximum absolute atomic E-state index is 14.1. The molecule has 8 nitrogen and oxygen atoms in total. The Morgan fingerprint density at radius 1 is 1.05 bits per heavy atom. The van der Waals surface area contributed by atoms with Gasteiger partial charge in [0.25, 0.3) is 5.91 Å². The third kappa shape index (κ3) is 5.86. The summed E-state index contributed by atoms with van der Waals surface area (Å²) >= 11 is 0. The molecule has 1 saturated heterocycles. The van der Waals surface area contributed by atoms with Crippen LogP contribution in [0.15, 0.2) is 79.3 Å². The van der Waals surface area contributed by atoms with Gasteiger partial charge in [0.1, 0.15) is 6.54 Å². The SMILES string of the molecule is CC(C)CN1C[C@@H](OCc2ccccn2)CN(C(=O)c2cc(-c3cccnc3)nc3ccccc23)CC1=O. The summed E-state index contributed by atoms with van der Waals surface area (Å²) in [6.07, 6.45) is 4.81. The molecule has 0 radical (unpaired) electrons. The molecular weight excluding hydrogens is 478 g/mol. The molecule has 194 valence electrons. The molecule has 4 aromatic rings. The third-order valence-corrected chi connectivity index (χ3v) is 6.50. The average Bonchev–Trinajstić information content (AvgIpc) is 3.09. The number of para-hydroxylation sites is 1. The van der Waals surface area contributed by atoms with Gasteiger partial charge in [0, 0.05) is 49.2 Å². The van der Waals surface area contributed by atoms with Crippen molar-refractivity contribution in [2.24, 2.45) is 5.92 Å². The Kier molecular flexibility index (Phi) is 7.70. The minimum atomic E-state index is -0.350. The molecule has 1 fully saturated rings. The monoisotopic (exact) mass is 509 g/mol. The molecule has 0 saturated carbocycles. The van der Waals surface area contributed by atoms with E-state index in [9.17, 15) is 9.59 Å². The van der Waals surface area contributed by atoms with Gasteiger partial charge in [-0.3, -0.25) is 19.6 Å². The van der Waals surface area contributed by atoms with Gasteiger partial charge in [-0.25, -0.2) is 4.98 Å². The molecule has 1 aliphatic rings. The second-order valence-corrected chi connectivity index (χ2v) is 9.95. The van der Waals surface area contributed by atoms with Gasteiger partial charge in [-0.05, 0) is 42.3 Å². The normalized spacial score (nSPS) is 16.2. The first-order chi connectivity index (χ1) is 18.5. The van der Waals surface area contributed by atoms with E-state index in [1.807, 2.05) is 59.5 Å². The van der Waals surface area contributed by atoms with Crippen molar-refractivity contribution in [3.8, 4) is 11.3 Å². The van der Waals surface area contributed by atoms with Crippen LogP contribution in [-0.2, 0) is 16.1 Å². The summed E-state index contributed by atoms with van der Waals surface area (Å²) < 4.78 is 6.24. The number of hydrogen-bond acceptors (Lipinski definition) is 6. The summed E-state index contributed by atoms with van der Waals surface area (Å²) in [4.78, 5) is 44.1. The van der Waals surface area contributed by atoms with E-state index in [1.165, 1.54) is 0 Å². The van der Waals surface area contributed by atoms with E-state index >= 15 is 0 Å². The number of carbonyl (C=O) groups is 2. The second kappa shape index (κ2) is 11.5. The summed E-state index contributed by atoms with van der Waals surface area (Å²) in [5.41, 5.74) is 3.49. The van der Waals surface area contributed by atoms with Crippen LogP contribution in [0.4, 0.5) is 0 Å². The molecule has 2 amide bonds. The molecule has 1 atom stereocenters. The van der Waals surface area contributed by atoms with Crippen molar-refractivity contribution < 1.29 is 14.3 Å². The van der Waals surface area contributed by atoms with Crippen molar-refractivity contribution in [1.29, 1.82) is 0 Å². The standard InChI is InChI=1S/C30H31N5O3/c1-21(2)16-34-17-24(38-20-23-9-5-6-13-32-23)18-35(19-29(34)36)30(37)26-14-28(22-8-7-12-31-15-22)33-27-11-4-3-10-25(26)27/h3-15,21,24H,16-20H2,1-2H3/t24-/m1/s1. The van der Waals surface area contributed by atoms with Crippen molar-refractivity contribution in [2.45, 2.75) is 26.6 Å². The minimum Gasteiger partial charge on any atom is -0.368 e. The molecule has 1 aromatic carbocycles. The van der Waals surface area contributed by atoms with Crippen LogP contribution >= 0.6 is 0 Å². The minimum absolute atomic E-state index is 0.00608. The molecule has 0 unspecified atom stereocenters. The Balaban J connectivity index is 1.48. The predicted molar refractivity (Wildman–Crippen MR) is 145 cm³/mol. The highest BCUT2D eigenvalue weighted by molar-refractivity contribution is 6.08. The van der Waals surface area contributed by atoms with E-state index in [2.05, 4.69) is 23.8 Å². The lowest BCUT2D eigenvalue weighted by Gasteiger charge is -2.26. The van der Waals surface area contributed by atoms with Crippen molar-refractivity contribution in [2.75, 3.05) is 26.2 Å². The fraction of sp³-hybridized carbons (Fsp3) is 0.300. The van der Waals surface area contributed by atoms with Crippen molar-refractivity contribution in [1.82, 2.24) is 24.8 Å². The third-order valence-electron chi connectivity index (χ3n) is 6.50. The highest BCUT2D eigenvalue weighted by atomic mass is 16.5. The Morgan fingerprint density at radius 2 is 1.89 bits per heavy atom. The molecule has 0 aliphatic carbocycles. The van der Waals surface area contributed by atoms with Crippen LogP contribution < -0.4 is 0 Å². The quantitative estimate of drug-likeness (QED) is 0.371. The molecule has 0 spiro atoms. The lowest BCUT2D eigenvalue weighted by molar-refractivity contribution is -0.132. The van der Waals surface area contributed by atoms with Gasteiger partial charge in [-0.1, -0.05) is 38.1 Å². The maximum atomic E-state index is 14.1. The fourth-order valence-electron chi connectivity index (χ4n) is 4.73. The molecule has 4 heterocycles. The summed E-state index contributed by atoms with van der Waals surface area (Å²) in [6.45, 7) is 5.78. The lowest BCUT2D eigenvalue weighted by atomic mass is 10.0. The van der Waals surface area contributed by atoms with Gasteiger partial charge >= 0.3 is 0 Å². The number of amides is 2. The predicted octanol–water partition coefficient (Wildman–Crippen LogP) is 4.22. The van der Waals surface area contributed by atoms with Crippen LogP contribution in [0.2, 0.25) is 0 Å². The number of benzene rings is 1. The molecule has 0 N–H and O–H groups in total. The van der Waals surface area contributed by atoms with Crippen LogP contribution in [0.3, 0.4) is 0 Å². The van der Waals surface area contributed by atoms with E-state index in [4.69, 9.17) is 9.72 Å². The number of ether oxygens (including phenoxy) is 1. The molecule has 5 rings (SSSR count). The van der Waals surface area contributed by atoms with Crippen LogP contribution in [0.1, 0.15) is 29.9 Å². The molecule has 1 aliphatic heterocycles. The van der Waals surface area contributed by atoms with Crippen molar-refractivity contribution >= 4 is 22.7 Å². The van der Waals surface area contributed by atoms with E-state index in [1.54, 1.807) is 29.6 Å². The molecular formula is C30H31N5O3. The van der Waals surface area contributed by atoms with E-state index in [0.29, 0.717) is 48.9 Å². The number of carbonyl (C=O) groups excluding carboxylic acids is 2. The van der Waals surface area contributed by atoms with Gasteiger partial charge < -0.3 is 14.5 Å². The van der Waals surface area contributed by atoms with Gasteiger partial charge in [0.05, 0.1) is 35.2 Å². The highest BCUT2D eigenvalue weighted by Crippen LogP contribution is 2.26. The maximum Gasteiger partial charge on any atom is 0.255 e. The Bertz CT molecular complexity index is 1410. The van der Waals surface area contributed by atoms with E-state index in [0.717, 1.165) is 16.6 Å². The fourth-order valence-corrected chi connectivity index (χ4v) is 4.73. The van der Waals surface area contributed by atoms with Crippen LogP contribution in [0, 0.1) is 5.92 Å². The van der Waals surface area contributed by atoms with Gasteiger partial charge in [-0.2, -0.15) is 0 Å². The molecule has 0 bridgehead atoms. The topological polar surface area (TPSA) is 88.5 Å². The first-order valence-electron chi connectivity index (χ1n) is 12.9. The number of fused-ring (bicyclic) bond motifs is 1. The zero-order valence-corrected chi connectivity index (χ0v) is 21.7. The van der Waals surface area contributed by atoms with E-state index < -0.39 is 0 Å². The number of aromatic nitrogens is 3. The molecule has 8 heteroatoms. The molecule has 38 heavy (non-hydrogen) atoms. The summed E-state index contributed by atoms with van der Waals surface area (Å²) in [6, 6.07) is 18.8. The van der Waals surface area contributed by atoms with Crippen molar-refractivity contribution in [3.63, 3.8) is 0 Å². The van der Waals surface area contributed by atoms with E-state index in [-0.39, 0.29) is 24.5 Å². The summed E-state index contributed by atoms with van der Waals surface area (Å²) in [5, 5.41) is 0.742. The number of pyridine rings is 3. The number of rotatable bonds is 7. The zero-order valence-electron chi connectivity index (χ0n) is 21.7. The largest absolute Gasteiger partial charge is 0.368 e. The summed E-state index contributed by atoms with van der Waals surface area (Å²) in [5.74, 6) is -0.00873. The zero-order chi connectivity index (χ0) is 26.5. The average molecular weight is 510 g/mol. The number of hydrogen-bond donors (Lipinski definition) is 0. The molecule has 3 aromatic heterocycles. The van der Waals surface area contributed by atoms with Crippen molar-refractivity contribution in [3.05, 3.63) is 90.5 Å². The van der Waals surface area contributed by atoms with Crippen LogP contribution in [-0.4, -0.2) is 68.8 Å². The first-order valence-corrected chi connectivity index (χ1v) is 12.9. The van der Waals surface area contributed by atoms with Gasteiger partial charge in [0.2, 0.25) is 5.91 Å². The Hall–Kier alpha value is -4.17. The van der Waals surface area contributed by atoms with Gasteiger partial charge in [-0.15, -0.1) is 0 Å².